The number of nitrogens with zero attached hydrogens (tertiary/aromatic N) is 1. The van der Waals surface area contributed by atoms with Crippen LogP contribution in [-0.4, -0.2) is 49.4 Å². The van der Waals surface area contributed by atoms with Crippen molar-refractivity contribution >= 4 is 40.9 Å². The summed E-state index contributed by atoms with van der Waals surface area (Å²) in [6, 6.07) is 4.99. The molecule has 0 saturated heterocycles. The van der Waals surface area contributed by atoms with E-state index in [4.69, 9.17) is 23.2 Å². The molecule has 0 aliphatic heterocycles. The van der Waals surface area contributed by atoms with Crippen LogP contribution in [0, 0.1) is 0 Å². The first-order valence-corrected chi connectivity index (χ1v) is 8.51. The maximum atomic E-state index is 12.1. The van der Waals surface area contributed by atoms with Gasteiger partial charge in [-0.1, -0.05) is 23.2 Å². The third kappa shape index (κ3) is 9.30. The second-order valence-corrected chi connectivity index (χ2v) is 6.78. The van der Waals surface area contributed by atoms with E-state index in [-0.39, 0.29) is 18.2 Å². The smallest absolute Gasteiger partial charge is 0.355 e. The lowest BCUT2D eigenvalue weighted by Crippen LogP contribution is -2.34. The van der Waals surface area contributed by atoms with Crippen LogP contribution >= 0.6 is 35.0 Å². The van der Waals surface area contributed by atoms with Crippen LogP contribution in [0.3, 0.4) is 0 Å². The molecule has 0 aromatic heterocycles. The van der Waals surface area contributed by atoms with E-state index < -0.39 is 12.7 Å². The number of nitrogens with one attached hydrogen (secondary N) is 1. The predicted octanol–water partition coefficient (Wildman–Crippen LogP) is 4.09. The fourth-order valence-electron chi connectivity index (χ4n) is 1.74. The van der Waals surface area contributed by atoms with Gasteiger partial charge in [-0.15, -0.1) is 11.8 Å². The summed E-state index contributed by atoms with van der Waals surface area (Å²) in [5.74, 6) is -0.0390. The molecule has 0 atom stereocenters. The summed E-state index contributed by atoms with van der Waals surface area (Å²) >= 11 is 13.1. The first-order valence-electron chi connectivity index (χ1n) is 6.77. The lowest BCUT2D eigenvalue weighted by molar-refractivity contribution is -0.143. The first-order chi connectivity index (χ1) is 10.7. The molecule has 23 heavy (non-hydrogen) atoms. The molecule has 0 unspecified atom stereocenters. The molecule has 0 saturated carbocycles. The Morgan fingerprint density at radius 2 is 2.04 bits per heavy atom. The monoisotopic (exact) mass is 388 g/mol. The highest BCUT2D eigenvalue weighted by Gasteiger charge is 2.28. The number of carbonyl (C=O) groups excluding carboxylic acids is 1. The Labute approximate surface area is 147 Å². The van der Waals surface area contributed by atoms with Gasteiger partial charge in [-0.2, -0.15) is 13.2 Å². The maximum Gasteiger partial charge on any atom is 0.401 e. The normalized spacial score (nSPS) is 11.8. The Bertz CT molecular complexity index is 529. The van der Waals surface area contributed by atoms with Crippen molar-refractivity contribution in [3.05, 3.63) is 28.2 Å². The van der Waals surface area contributed by atoms with E-state index in [0.717, 1.165) is 0 Å². The molecule has 0 spiro atoms. The lowest BCUT2D eigenvalue weighted by Gasteiger charge is -2.18. The predicted molar refractivity (Wildman–Crippen MR) is 88.4 cm³/mol. The Kier molecular flexibility index (Phi) is 8.53. The van der Waals surface area contributed by atoms with Crippen molar-refractivity contribution in [1.29, 1.82) is 0 Å². The zero-order valence-corrected chi connectivity index (χ0v) is 14.7. The summed E-state index contributed by atoms with van der Waals surface area (Å²) in [5.41, 5.74) is 0. The van der Waals surface area contributed by atoms with E-state index in [1.807, 2.05) is 0 Å². The fraction of sp³-hybridized carbons (Fsp3) is 0.500. The lowest BCUT2D eigenvalue weighted by atomic mass is 10.4. The van der Waals surface area contributed by atoms with E-state index in [1.54, 1.807) is 18.2 Å². The van der Waals surface area contributed by atoms with Gasteiger partial charge in [0.2, 0.25) is 5.91 Å². The van der Waals surface area contributed by atoms with Gasteiger partial charge in [0.1, 0.15) is 0 Å². The molecule has 0 fully saturated rings. The van der Waals surface area contributed by atoms with Gasteiger partial charge >= 0.3 is 6.18 Å². The number of hydrogen-bond acceptors (Lipinski definition) is 3. The zero-order chi connectivity index (χ0) is 17.5. The maximum absolute atomic E-state index is 12.1. The summed E-state index contributed by atoms with van der Waals surface area (Å²) in [4.78, 5) is 13.6. The number of alkyl halides is 3. The van der Waals surface area contributed by atoms with E-state index in [1.165, 1.54) is 23.7 Å². The molecule has 3 nitrogen and oxygen atoms in total. The van der Waals surface area contributed by atoms with Crippen LogP contribution in [0.15, 0.2) is 23.1 Å². The summed E-state index contributed by atoms with van der Waals surface area (Å²) in [6.07, 6.45) is -3.76. The minimum absolute atomic E-state index is 0.165. The number of benzene rings is 1. The molecule has 1 rings (SSSR count). The number of hydrogen-bond donors (Lipinski definition) is 1. The topological polar surface area (TPSA) is 32.3 Å². The molecule has 0 bridgehead atoms. The van der Waals surface area contributed by atoms with Gasteiger partial charge in [0.15, 0.2) is 0 Å². The standard InChI is InChI=1S/C14H17Cl2F3N2OS/c1-21(9-14(17,18)19)6-2-5-20-13(22)8-23-12-7-10(15)3-4-11(12)16/h3-4,7H,2,5-6,8-9H2,1H3,(H,20,22). The summed E-state index contributed by atoms with van der Waals surface area (Å²) in [7, 11) is 1.40. The number of halogens is 5. The average molecular weight is 389 g/mol. The summed E-state index contributed by atoms with van der Waals surface area (Å²) in [6.45, 7) is -0.373. The molecule has 0 radical (unpaired) electrons. The van der Waals surface area contributed by atoms with Crippen molar-refractivity contribution in [3.63, 3.8) is 0 Å². The number of thioether (sulfide) groups is 1. The third-order valence-corrected chi connectivity index (χ3v) is 4.47. The van der Waals surface area contributed by atoms with Crippen molar-refractivity contribution in [3.8, 4) is 0 Å². The molecular formula is C14H17Cl2F3N2OS. The summed E-state index contributed by atoms with van der Waals surface area (Å²) in [5, 5.41) is 3.71. The highest BCUT2D eigenvalue weighted by atomic mass is 35.5. The van der Waals surface area contributed by atoms with Gasteiger partial charge in [0.05, 0.1) is 17.3 Å². The molecule has 0 heterocycles. The Balaban J connectivity index is 2.21. The SMILES string of the molecule is CN(CCCNC(=O)CSc1cc(Cl)ccc1Cl)CC(F)(F)F. The van der Waals surface area contributed by atoms with Crippen LogP contribution in [0.4, 0.5) is 13.2 Å². The van der Waals surface area contributed by atoms with Gasteiger partial charge in [0.25, 0.3) is 0 Å². The molecule has 1 amide bonds. The van der Waals surface area contributed by atoms with Gasteiger partial charge in [-0.3, -0.25) is 9.69 Å². The van der Waals surface area contributed by atoms with Gasteiger partial charge < -0.3 is 5.32 Å². The molecule has 1 aromatic rings. The van der Waals surface area contributed by atoms with E-state index in [9.17, 15) is 18.0 Å². The highest BCUT2D eigenvalue weighted by molar-refractivity contribution is 8.00. The minimum atomic E-state index is -4.20. The minimum Gasteiger partial charge on any atom is -0.355 e. The Morgan fingerprint density at radius 1 is 1.35 bits per heavy atom. The van der Waals surface area contributed by atoms with Gasteiger partial charge in [-0.25, -0.2) is 0 Å². The number of amides is 1. The van der Waals surface area contributed by atoms with Crippen molar-refractivity contribution in [2.75, 3.05) is 32.4 Å². The molecule has 9 heteroatoms. The second kappa shape index (κ2) is 9.61. The molecule has 0 aliphatic carbocycles. The molecular weight excluding hydrogens is 372 g/mol. The van der Waals surface area contributed by atoms with Gasteiger partial charge in [-0.05, 0) is 38.2 Å². The van der Waals surface area contributed by atoms with Gasteiger partial charge in [0, 0.05) is 16.5 Å². The zero-order valence-electron chi connectivity index (χ0n) is 12.4. The average Bonchev–Trinajstić information content (AvgIpc) is 2.42. The molecule has 130 valence electrons. The van der Waals surface area contributed by atoms with Crippen LogP contribution < -0.4 is 5.32 Å². The Morgan fingerprint density at radius 3 is 2.70 bits per heavy atom. The number of rotatable bonds is 8. The molecule has 1 aromatic carbocycles. The van der Waals surface area contributed by atoms with E-state index in [2.05, 4.69) is 5.32 Å². The molecule has 1 N–H and O–H groups in total. The van der Waals surface area contributed by atoms with Crippen molar-refractivity contribution in [1.82, 2.24) is 10.2 Å². The van der Waals surface area contributed by atoms with Crippen LogP contribution in [0.5, 0.6) is 0 Å². The van der Waals surface area contributed by atoms with Crippen LogP contribution in [0.1, 0.15) is 6.42 Å². The van der Waals surface area contributed by atoms with Crippen LogP contribution in [-0.2, 0) is 4.79 Å². The largest absolute Gasteiger partial charge is 0.401 e. The van der Waals surface area contributed by atoms with Crippen molar-refractivity contribution in [2.45, 2.75) is 17.5 Å². The second-order valence-electron chi connectivity index (χ2n) is 4.92. The fourth-order valence-corrected chi connectivity index (χ4v) is 3.07. The highest BCUT2D eigenvalue weighted by Crippen LogP contribution is 2.29. The van der Waals surface area contributed by atoms with E-state index in [0.29, 0.717) is 27.9 Å². The van der Waals surface area contributed by atoms with E-state index >= 15 is 0 Å². The van der Waals surface area contributed by atoms with Crippen molar-refractivity contribution in [2.24, 2.45) is 0 Å². The quantitative estimate of drug-likeness (QED) is 0.537. The summed E-state index contributed by atoms with van der Waals surface area (Å²) < 4.78 is 36.4. The Hall–Kier alpha value is -0.630. The molecule has 0 aliphatic rings. The number of carbonyl (C=O) groups is 1. The van der Waals surface area contributed by atoms with Crippen LogP contribution in [0.2, 0.25) is 10.0 Å². The van der Waals surface area contributed by atoms with Crippen LogP contribution in [0.25, 0.3) is 0 Å². The first kappa shape index (κ1) is 20.4. The van der Waals surface area contributed by atoms with Crippen molar-refractivity contribution < 1.29 is 18.0 Å². The third-order valence-electron chi connectivity index (χ3n) is 2.74.